The molecule has 2 aliphatic rings. The van der Waals surface area contributed by atoms with E-state index in [9.17, 15) is 0 Å². The number of rotatable bonds is 1. The first kappa shape index (κ1) is 16.6. The summed E-state index contributed by atoms with van der Waals surface area (Å²) < 4.78 is 33.4. The van der Waals surface area contributed by atoms with E-state index in [2.05, 4.69) is 0 Å². The molecule has 1 aromatic carbocycles. The fraction of sp³-hybridized carbons (Fsp3) is 0.211. The Morgan fingerprint density at radius 1 is 1.00 bits per heavy atom. The Morgan fingerprint density at radius 2 is 1.69 bits per heavy atom. The Balaban J connectivity index is 2.17. The third-order valence-electron chi connectivity index (χ3n) is 5.31. The first-order chi connectivity index (χ1) is 12.1. The molecular weight excluding hydrogens is 333 g/mol. The molecule has 4 N–H and O–H groups in total. The predicted octanol–water partition coefficient (Wildman–Crippen LogP) is 3.70. The van der Waals surface area contributed by atoms with Gasteiger partial charge in [-0.3, -0.25) is 0 Å². The van der Waals surface area contributed by atoms with Crippen LogP contribution in [0.5, 0.6) is 0 Å². The number of fused-ring (bicyclic) bond motifs is 2. The average molecular weight is 354 g/mol. The number of halogens is 2. The Bertz CT molecular complexity index is 1070. The second kappa shape index (κ2) is 5.10. The minimum atomic E-state index is -3.96. The molecule has 0 fully saturated rings. The monoisotopic (exact) mass is 354 g/mol. The molecule has 2 aliphatic heterocycles. The van der Waals surface area contributed by atoms with E-state index in [0.717, 1.165) is 22.3 Å². The summed E-state index contributed by atoms with van der Waals surface area (Å²) in [6, 6.07) is 7.14. The highest BCUT2D eigenvalue weighted by Gasteiger charge is 2.55. The normalized spacial score (nSPS) is 18.2. The topological polar surface area (TPSA) is 60.0 Å². The molecule has 0 bridgehead atoms. The Kier molecular flexibility index (Phi) is 3.26. The lowest BCUT2D eigenvalue weighted by atomic mass is 9.83. The maximum Gasteiger partial charge on any atom is 0.737 e. The summed E-state index contributed by atoms with van der Waals surface area (Å²) in [4.78, 5) is 0. The van der Waals surface area contributed by atoms with Crippen LogP contribution in [0.15, 0.2) is 41.6 Å². The number of anilines is 2. The van der Waals surface area contributed by atoms with Gasteiger partial charge in [0.25, 0.3) is 0 Å². The summed E-state index contributed by atoms with van der Waals surface area (Å²) in [6.07, 6.45) is 1.81. The number of nitrogens with two attached hydrogens (primary N) is 2. The van der Waals surface area contributed by atoms with E-state index < -0.39 is 6.97 Å². The summed E-state index contributed by atoms with van der Waals surface area (Å²) in [7, 11) is 0. The van der Waals surface area contributed by atoms with Gasteiger partial charge in [0.15, 0.2) is 5.70 Å². The third-order valence-corrected chi connectivity index (χ3v) is 5.31. The summed E-state index contributed by atoms with van der Waals surface area (Å²) in [5, 5.41) is 0. The van der Waals surface area contributed by atoms with Crippen LogP contribution >= 0.6 is 0 Å². The molecule has 0 atom stereocenters. The summed E-state index contributed by atoms with van der Waals surface area (Å²) in [5.74, 6) is 0. The molecule has 4 nitrogen and oxygen atoms in total. The fourth-order valence-electron chi connectivity index (χ4n) is 4.30. The molecule has 3 heterocycles. The van der Waals surface area contributed by atoms with Crippen molar-refractivity contribution in [2.75, 3.05) is 11.5 Å². The molecule has 134 valence electrons. The number of hydrogen-bond donors (Lipinski definition) is 2. The van der Waals surface area contributed by atoms with Crippen molar-refractivity contribution in [2.24, 2.45) is 0 Å². The van der Waals surface area contributed by atoms with Crippen LogP contribution in [0, 0.1) is 13.8 Å². The predicted molar refractivity (Wildman–Crippen MR) is 103 cm³/mol. The molecule has 0 saturated carbocycles. The van der Waals surface area contributed by atoms with Crippen LogP contribution in [-0.4, -0.2) is 21.6 Å². The van der Waals surface area contributed by atoms with Crippen LogP contribution in [-0.2, 0) is 0 Å². The van der Waals surface area contributed by atoms with Gasteiger partial charge in [0, 0.05) is 24.3 Å². The van der Waals surface area contributed by atoms with Gasteiger partial charge in [-0.1, -0.05) is 6.07 Å². The number of aryl methyl sites for hydroxylation is 2. The fourth-order valence-corrected chi connectivity index (χ4v) is 4.30. The highest BCUT2D eigenvalue weighted by Crippen LogP contribution is 2.44. The largest absolute Gasteiger partial charge is 0.737 e. The summed E-state index contributed by atoms with van der Waals surface area (Å²) in [6.45, 7) is 3.21. The number of allylic oxidation sites excluding steroid dienone is 2. The number of benzene rings is 1. The quantitative estimate of drug-likeness (QED) is 0.606. The van der Waals surface area contributed by atoms with Gasteiger partial charge in [0.2, 0.25) is 0 Å². The van der Waals surface area contributed by atoms with Crippen LogP contribution in [0.4, 0.5) is 20.0 Å². The molecule has 0 aliphatic carbocycles. The van der Waals surface area contributed by atoms with E-state index >= 15 is 8.63 Å². The van der Waals surface area contributed by atoms with Crippen molar-refractivity contribution >= 4 is 29.6 Å². The number of hydrogen-bond acceptors (Lipinski definition) is 2. The molecule has 0 amide bonds. The zero-order chi connectivity index (χ0) is 19.0. The lowest BCUT2D eigenvalue weighted by molar-refractivity contribution is -0.363. The van der Waals surface area contributed by atoms with Crippen LogP contribution < -0.4 is 11.5 Å². The van der Waals surface area contributed by atoms with Crippen molar-refractivity contribution in [2.45, 2.75) is 27.7 Å². The highest BCUT2D eigenvalue weighted by atomic mass is 19.2. The van der Waals surface area contributed by atoms with Gasteiger partial charge in [-0.2, -0.15) is 0 Å². The van der Waals surface area contributed by atoms with Crippen molar-refractivity contribution in [1.29, 1.82) is 0 Å². The lowest BCUT2D eigenvalue weighted by Gasteiger charge is -2.34. The zero-order valence-corrected chi connectivity index (χ0v) is 15.3. The first-order valence-corrected chi connectivity index (χ1v) is 8.57. The molecule has 0 saturated heterocycles. The second-order valence-electron chi connectivity index (χ2n) is 7.18. The standard InChI is InChI=1S/C19H21BF2N4/c1-10-7-12(3)25-18(10)17(14-5-6-15(23)16(24)9-14)19-11(2)8-13(4)26(19)20(25,21)22/h5-9H,23-24H2,1-4H3. The van der Waals surface area contributed by atoms with Gasteiger partial charge in [-0.25, -0.2) is 0 Å². The first-order valence-electron chi connectivity index (χ1n) is 8.57. The number of nitrogens with zero attached hydrogens (tertiary/aromatic N) is 2. The molecule has 0 spiro atoms. The summed E-state index contributed by atoms with van der Waals surface area (Å²) >= 11 is 0. The van der Waals surface area contributed by atoms with Gasteiger partial charge in [-0.15, -0.1) is 0 Å². The molecule has 0 unspecified atom stereocenters. The smallest absolute Gasteiger partial charge is 0.397 e. The van der Waals surface area contributed by atoms with Gasteiger partial charge in [0.1, 0.15) is 5.71 Å². The van der Waals surface area contributed by atoms with Crippen molar-refractivity contribution in [1.82, 2.24) is 4.48 Å². The summed E-state index contributed by atoms with van der Waals surface area (Å²) in [5.41, 5.74) is 18.2. The third kappa shape index (κ3) is 1.97. The van der Waals surface area contributed by atoms with E-state index in [1.807, 2.05) is 32.1 Å². The lowest BCUT2D eigenvalue weighted by Crippen LogP contribution is -2.51. The van der Waals surface area contributed by atoms with Gasteiger partial charge in [-0.05, 0) is 55.8 Å². The van der Waals surface area contributed by atoms with Gasteiger partial charge < -0.3 is 29.1 Å². The number of aromatic nitrogens is 1. The van der Waals surface area contributed by atoms with E-state index in [-0.39, 0.29) is 0 Å². The Morgan fingerprint density at radius 3 is 2.35 bits per heavy atom. The van der Waals surface area contributed by atoms with Crippen LogP contribution in [0.2, 0.25) is 0 Å². The SMILES string of the molecule is CC1=CC(C)=[N+]2C1=C(c1ccc(N)c(N)c1)c1c(C)cc(C)n1[B-]2(F)F. The van der Waals surface area contributed by atoms with Crippen LogP contribution in [0.1, 0.15) is 36.4 Å². The maximum absolute atomic E-state index is 15.5. The molecule has 4 rings (SSSR count). The van der Waals surface area contributed by atoms with Crippen LogP contribution in [0.25, 0.3) is 5.57 Å². The van der Waals surface area contributed by atoms with Crippen molar-refractivity contribution in [3.8, 4) is 0 Å². The highest BCUT2D eigenvalue weighted by molar-refractivity contribution is 6.58. The average Bonchev–Trinajstić information content (AvgIpc) is 3.01. The van der Waals surface area contributed by atoms with E-state index in [4.69, 9.17) is 11.5 Å². The van der Waals surface area contributed by atoms with Gasteiger partial charge >= 0.3 is 6.97 Å². The van der Waals surface area contributed by atoms with Crippen molar-refractivity contribution in [3.63, 3.8) is 0 Å². The Labute approximate surface area is 151 Å². The number of nitrogen functional groups attached to an aromatic ring is 2. The molecule has 1 aromatic heterocycles. The Hall–Kier alpha value is -2.83. The minimum Gasteiger partial charge on any atom is -0.397 e. The van der Waals surface area contributed by atoms with Gasteiger partial charge in [0.05, 0.1) is 16.9 Å². The van der Waals surface area contributed by atoms with E-state index in [1.54, 1.807) is 26.0 Å². The van der Waals surface area contributed by atoms with E-state index in [1.165, 1.54) is 8.96 Å². The van der Waals surface area contributed by atoms with E-state index in [0.29, 0.717) is 34.2 Å². The second-order valence-corrected chi connectivity index (χ2v) is 7.18. The van der Waals surface area contributed by atoms with Crippen LogP contribution in [0.3, 0.4) is 0 Å². The molecule has 0 radical (unpaired) electrons. The molecular formula is C19H21BF2N4. The van der Waals surface area contributed by atoms with Crippen molar-refractivity contribution < 1.29 is 13.1 Å². The molecule has 2 aromatic rings. The molecule has 26 heavy (non-hydrogen) atoms. The molecule has 7 heteroatoms. The van der Waals surface area contributed by atoms with Crippen molar-refractivity contribution in [3.05, 3.63) is 64.1 Å². The minimum absolute atomic E-state index is 0.442. The zero-order valence-electron chi connectivity index (χ0n) is 15.3. The maximum atomic E-state index is 15.5.